The predicted molar refractivity (Wildman–Crippen MR) is 66.3 cm³/mol. The highest BCUT2D eigenvalue weighted by atomic mass is 19.1. The van der Waals surface area contributed by atoms with Crippen LogP contribution in [0.4, 0.5) is 15.8 Å². The zero-order valence-electron chi connectivity index (χ0n) is 10.4. The third kappa shape index (κ3) is 2.20. The number of imide groups is 1. The Morgan fingerprint density at radius 3 is 2.28 bits per heavy atom. The van der Waals surface area contributed by atoms with Crippen molar-refractivity contribution >= 4 is 23.2 Å². The molecule has 0 bridgehead atoms. The topological polar surface area (TPSA) is 63.4 Å². The van der Waals surface area contributed by atoms with Gasteiger partial charge in [-0.15, -0.1) is 0 Å². The Bertz CT molecular complexity index is 506. The van der Waals surface area contributed by atoms with Crippen LogP contribution in [0, 0.1) is 11.2 Å². The number of rotatable bonds is 1. The maximum absolute atomic E-state index is 13.0. The molecule has 1 aliphatic heterocycles. The Balaban J connectivity index is 2.39. The number of halogens is 1. The van der Waals surface area contributed by atoms with E-state index in [9.17, 15) is 14.0 Å². The molecule has 1 fully saturated rings. The summed E-state index contributed by atoms with van der Waals surface area (Å²) in [6.45, 7) is 3.74. The predicted octanol–water partition coefficient (Wildman–Crippen LogP) is 2.09. The highest BCUT2D eigenvalue weighted by Crippen LogP contribution is 2.35. The first-order valence-electron chi connectivity index (χ1n) is 5.71. The van der Waals surface area contributed by atoms with Gasteiger partial charge in [0.2, 0.25) is 11.8 Å². The van der Waals surface area contributed by atoms with Crippen molar-refractivity contribution in [2.24, 2.45) is 5.41 Å². The molecule has 2 rings (SSSR count). The van der Waals surface area contributed by atoms with Gasteiger partial charge in [-0.1, -0.05) is 13.8 Å². The Morgan fingerprint density at radius 1 is 1.22 bits per heavy atom. The number of amides is 2. The lowest BCUT2D eigenvalue weighted by molar-refractivity contribution is -0.132. The minimum absolute atomic E-state index is 0.0939. The summed E-state index contributed by atoms with van der Waals surface area (Å²) in [5, 5.41) is 0. The fourth-order valence-electron chi connectivity index (χ4n) is 2.18. The molecule has 2 N–H and O–H groups in total. The minimum Gasteiger partial charge on any atom is -0.397 e. The van der Waals surface area contributed by atoms with E-state index in [0.29, 0.717) is 0 Å². The van der Waals surface area contributed by atoms with Crippen molar-refractivity contribution < 1.29 is 14.0 Å². The van der Waals surface area contributed by atoms with Crippen molar-refractivity contribution in [3.05, 3.63) is 24.0 Å². The molecule has 18 heavy (non-hydrogen) atoms. The Labute approximate surface area is 105 Å². The normalized spacial score (nSPS) is 19.2. The molecule has 1 heterocycles. The fraction of sp³-hybridized carbons (Fsp3) is 0.385. The standard InChI is InChI=1S/C13H15FN2O2/c1-13(2)6-11(17)16(12(18)7-13)10-4-3-8(14)5-9(10)15/h3-5H,6-7,15H2,1-2H3. The second-order valence-electron chi connectivity index (χ2n) is 5.34. The van der Waals surface area contributed by atoms with Crippen molar-refractivity contribution in [1.82, 2.24) is 0 Å². The van der Waals surface area contributed by atoms with Gasteiger partial charge in [0.1, 0.15) is 5.82 Å². The molecular weight excluding hydrogens is 235 g/mol. The molecule has 96 valence electrons. The number of hydrogen-bond acceptors (Lipinski definition) is 3. The summed E-state index contributed by atoms with van der Waals surface area (Å²) in [6.07, 6.45) is 0.547. The number of benzene rings is 1. The molecule has 0 atom stereocenters. The number of nitrogen functional groups attached to an aromatic ring is 1. The largest absolute Gasteiger partial charge is 0.397 e. The van der Waals surface area contributed by atoms with Crippen LogP contribution in [-0.4, -0.2) is 11.8 Å². The van der Waals surface area contributed by atoms with E-state index in [2.05, 4.69) is 0 Å². The van der Waals surface area contributed by atoms with Gasteiger partial charge in [0.25, 0.3) is 0 Å². The molecule has 0 saturated carbocycles. The summed E-state index contributed by atoms with van der Waals surface area (Å²) in [5.74, 6) is -1.09. The maximum Gasteiger partial charge on any atom is 0.234 e. The third-order valence-corrected chi connectivity index (χ3v) is 2.99. The number of nitrogens with two attached hydrogens (primary N) is 1. The van der Waals surface area contributed by atoms with E-state index < -0.39 is 5.82 Å². The Morgan fingerprint density at radius 2 is 1.78 bits per heavy atom. The summed E-state index contributed by atoms with van der Waals surface area (Å²) in [4.78, 5) is 25.1. The highest BCUT2D eigenvalue weighted by molar-refractivity contribution is 6.18. The van der Waals surface area contributed by atoms with Crippen LogP contribution in [0.2, 0.25) is 0 Å². The molecule has 4 nitrogen and oxygen atoms in total. The van der Waals surface area contributed by atoms with Crippen LogP contribution in [-0.2, 0) is 9.59 Å². The Hall–Kier alpha value is -1.91. The molecule has 0 aliphatic carbocycles. The zero-order valence-corrected chi connectivity index (χ0v) is 10.4. The average molecular weight is 250 g/mol. The van der Waals surface area contributed by atoms with Crippen molar-refractivity contribution in [3.8, 4) is 0 Å². The van der Waals surface area contributed by atoms with E-state index in [1.54, 1.807) is 0 Å². The summed E-state index contributed by atoms with van der Waals surface area (Å²) in [6, 6.07) is 3.65. The van der Waals surface area contributed by atoms with E-state index in [0.717, 1.165) is 11.0 Å². The van der Waals surface area contributed by atoms with Gasteiger partial charge in [-0.25, -0.2) is 9.29 Å². The first kappa shape index (κ1) is 12.5. The van der Waals surface area contributed by atoms with Gasteiger partial charge in [-0.2, -0.15) is 0 Å². The minimum atomic E-state index is -0.492. The number of carbonyl (C=O) groups is 2. The number of carbonyl (C=O) groups excluding carboxylic acids is 2. The molecule has 1 aliphatic rings. The van der Waals surface area contributed by atoms with E-state index >= 15 is 0 Å². The third-order valence-electron chi connectivity index (χ3n) is 2.99. The van der Waals surface area contributed by atoms with Gasteiger partial charge in [0, 0.05) is 12.8 Å². The summed E-state index contributed by atoms with van der Waals surface area (Å²) >= 11 is 0. The SMILES string of the molecule is CC1(C)CC(=O)N(c2ccc(F)cc2N)C(=O)C1. The van der Waals surface area contributed by atoms with Crippen LogP contribution < -0.4 is 10.6 Å². The van der Waals surface area contributed by atoms with Gasteiger partial charge in [-0.3, -0.25) is 9.59 Å². The fourth-order valence-corrected chi connectivity index (χ4v) is 2.18. The highest BCUT2D eigenvalue weighted by Gasteiger charge is 2.38. The summed E-state index contributed by atoms with van der Waals surface area (Å²) < 4.78 is 13.0. The van der Waals surface area contributed by atoms with Crippen LogP contribution in [0.1, 0.15) is 26.7 Å². The number of anilines is 2. The molecule has 0 radical (unpaired) electrons. The molecule has 0 aromatic heterocycles. The van der Waals surface area contributed by atoms with E-state index in [1.807, 2.05) is 13.8 Å². The van der Waals surface area contributed by atoms with Gasteiger partial charge >= 0.3 is 0 Å². The quantitative estimate of drug-likeness (QED) is 0.613. The molecule has 2 amide bonds. The van der Waals surface area contributed by atoms with Crippen LogP contribution in [0.25, 0.3) is 0 Å². The van der Waals surface area contributed by atoms with Gasteiger partial charge in [0.05, 0.1) is 11.4 Å². The zero-order chi connectivity index (χ0) is 13.5. The molecule has 0 unspecified atom stereocenters. The van der Waals surface area contributed by atoms with Crippen molar-refractivity contribution in [2.75, 3.05) is 10.6 Å². The lowest BCUT2D eigenvalue weighted by Gasteiger charge is -2.35. The molecule has 1 aromatic carbocycles. The first-order valence-corrected chi connectivity index (χ1v) is 5.71. The van der Waals surface area contributed by atoms with E-state index in [4.69, 9.17) is 5.73 Å². The van der Waals surface area contributed by atoms with E-state index in [1.165, 1.54) is 12.1 Å². The monoisotopic (exact) mass is 250 g/mol. The van der Waals surface area contributed by atoms with Crippen LogP contribution in [0.15, 0.2) is 18.2 Å². The maximum atomic E-state index is 13.0. The molecule has 5 heteroatoms. The van der Waals surface area contributed by atoms with E-state index in [-0.39, 0.29) is 41.4 Å². The first-order chi connectivity index (χ1) is 8.30. The number of hydrogen-bond donors (Lipinski definition) is 1. The molecular formula is C13H15FN2O2. The molecule has 1 saturated heterocycles. The smallest absolute Gasteiger partial charge is 0.234 e. The van der Waals surface area contributed by atoms with Crippen LogP contribution in [0.5, 0.6) is 0 Å². The van der Waals surface area contributed by atoms with Gasteiger partial charge in [0.15, 0.2) is 0 Å². The van der Waals surface area contributed by atoms with Gasteiger partial charge in [-0.05, 0) is 23.6 Å². The average Bonchev–Trinajstić information content (AvgIpc) is 2.18. The lowest BCUT2D eigenvalue weighted by Crippen LogP contribution is -2.46. The summed E-state index contributed by atoms with van der Waals surface area (Å²) in [7, 11) is 0. The van der Waals surface area contributed by atoms with Crippen molar-refractivity contribution in [2.45, 2.75) is 26.7 Å². The number of piperidine rings is 1. The molecule has 0 spiro atoms. The second-order valence-corrected chi connectivity index (χ2v) is 5.34. The lowest BCUT2D eigenvalue weighted by atomic mass is 9.81. The second kappa shape index (κ2) is 4.08. The van der Waals surface area contributed by atoms with Crippen molar-refractivity contribution in [3.63, 3.8) is 0 Å². The van der Waals surface area contributed by atoms with Crippen molar-refractivity contribution in [1.29, 1.82) is 0 Å². The summed E-state index contributed by atoms with van der Waals surface area (Å²) in [5.41, 5.74) is 5.68. The molecule has 1 aromatic rings. The van der Waals surface area contributed by atoms with Gasteiger partial charge < -0.3 is 5.73 Å². The number of nitrogens with zero attached hydrogens (tertiary/aromatic N) is 1. The van der Waals surface area contributed by atoms with Crippen LogP contribution in [0.3, 0.4) is 0 Å². The Kier molecular flexibility index (Phi) is 2.84. The van der Waals surface area contributed by atoms with Crippen LogP contribution >= 0.6 is 0 Å².